The standard InChI is InChI=1S/C19H19ClFNO/c1-11-4-6-14(17(21)8-11)15-9-13(5-7-18(15)23)22-12(2)16-10-19(16,3)20/h4-9,16,22-23H,2,10H2,1,3H3. The quantitative estimate of drug-likeness (QED) is 0.576. The van der Waals surface area contributed by atoms with Gasteiger partial charge in [0.15, 0.2) is 0 Å². The van der Waals surface area contributed by atoms with Crippen molar-refractivity contribution in [3.05, 3.63) is 60.1 Å². The van der Waals surface area contributed by atoms with Gasteiger partial charge in [0.25, 0.3) is 0 Å². The molecule has 0 radical (unpaired) electrons. The van der Waals surface area contributed by atoms with Gasteiger partial charge in [0, 0.05) is 28.4 Å². The first-order valence-electron chi connectivity index (χ1n) is 7.52. The van der Waals surface area contributed by atoms with Crippen molar-refractivity contribution in [2.45, 2.75) is 25.1 Å². The van der Waals surface area contributed by atoms with Crippen molar-refractivity contribution in [3.8, 4) is 16.9 Å². The van der Waals surface area contributed by atoms with Crippen LogP contribution in [0.1, 0.15) is 18.9 Å². The van der Waals surface area contributed by atoms with E-state index in [1.165, 1.54) is 6.07 Å². The molecule has 1 saturated carbocycles. The smallest absolute Gasteiger partial charge is 0.131 e. The first-order chi connectivity index (χ1) is 10.8. The highest BCUT2D eigenvalue weighted by Crippen LogP contribution is 2.52. The molecule has 2 unspecified atom stereocenters. The number of nitrogens with one attached hydrogen (secondary N) is 1. The lowest BCUT2D eigenvalue weighted by Crippen LogP contribution is -2.05. The van der Waals surface area contributed by atoms with E-state index < -0.39 is 0 Å². The Morgan fingerprint density at radius 2 is 2.00 bits per heavy atom. The summed E-state index contributed by atoms with van der Waals surface area (Å²) in [6.07, 6.45) is 0.887. The van der Waals surface area contributed by atoms with E-state index in [1.807, 2.05) is 19.9 Å². The Hall–Kier alpha value is -2.00. The molecular formula is C19H19ClFNO. The molecule has 2 aromatic carbocycles. The monoisotopic (exact) mass is 331 g/mol. The van der Waals surface area contributed by atoms with Crippen LogP contribution in [0.5, 0.6) is 5.75 Å². The maximum absolute atomic E-state index is 14.2. The van der Waals surface area contributed by atoms with Crippen molar-refractivity contribution in [2.75, 3.05) is 5.32 Å². The van der Waals surface area contributed by atoms with Gasteiger partial charge in [0.05, 0.1) is 4.87 Å². The minimum atomic E-state index is -0.355. The number of benzene rings is 2. The fourth-order valence-electron chi connectivity index (χ4n) is 2.77. The Kier molecular flexibility index (Phi) is 3.85. The third-order valence-electron chi connectivity index (χ3n) is 4.31. The Morgan fingerprint density at radius 1 is 1.30 bits per heavy atom. The van der Waals surface area contributed by atoms with Crippen molar-refractivity contribution in [2.24, 2.45) is 5.92 Å². The lowest BCUT2D eigenvalue weighted by Gasteiger charge is -2.13. The summed E-state index contributed by atoms with van der Waals surface area (Å²) in [4.78, 5) is -0.229. The zero-order chi connectivity index (χ0) is 16.8. The summed E-state index contributed by atoms with van der Waals surface area (Å²) in [5.41, 5.74) is 3.25. The molecule has 2 aromatic rings. The van der Waals surface area contributed by atoms with Crippen LogP contribution in [0.4, 0.5) is 10.1 Å². The second kappa shape index (κ2) is 5.57. The molecule has 1 fully saturated rings. The van der Waals surface area contributed by atoms with Crippen LogP contribution < -0.4 is 5.32 Å². The first-order valence-corrected chi connectivity index (χ1v) is 7.90. The average molecular weight is 332 g/mol. The molecule has 0 amide bonds. The zero-order valence-electron chi connectivity index (χ0n) is 13.2. The van der Waals surface area contributed by atoms with Crippen LogP contribution in [0.2, 0.25) is 0 Å². The molecule has 3 rings (SSSR count). The van der Waals surface area contributed by atoms with Gasteiger partial charge in [-0.2, -0.15) is 0 Å². The fraction of sp³-hybridized carbons (Fsp3) is 0.263. The van der Waals surface area contributed by atoms with E-state index >= 15 is 0 Å². The number of phenolic OH excluding ortho intramolecular Hbond substituents is 1. The molecule has 1 aliphatic carbocycles. The maximum atomic E-state index is 14.2. The van der Waals surface area contributed by atoms with Gasteiger partial charge >= 0.3 is 0 Å². The van der Waals surface area contributed by atoms with Crippen LogP contribution in [-0.2, 0) is 0 Å². The molecule has 1 aliphatic rings. The summed E-state index contributed by atoms with van der Waals surface area (Å²) in [5, 5.41) is 13.3. The van der Waals surface area contributed by atoms with Crippen LogP contribution in [0, 0.1) is 18.7 Å². The highest BCUT2D eigenvalue weighted by molar-refractivity contribution is 6.26. The second-order valence-electron chi connectivity index (χ2n) is 6.40. The molecule has 2 nitrogen and oxygen atoms in total. The number of hydrogen-bond donors (Lipinski definition) is 2. The summed E-state index contributed by atoms with van der Waals surface area (Å²) < 4.78 is 14.2. The number of rotatable bonds is 4. The Labute approximate surface area is 140 Å². The van der Waals surface area contributed by atoms with Crippen LogP contribution in [0.25, 0.3) is 11.1 Å². The fourth-order valence-corrected chi connectivity index (χ4v) is 3.05. The predicted octanol–water partition coefficient (Wildman–Crippen LogP) is 5.45. The molecule has 0 spiro atoms. The third kappa shape index (κ3) is 3.20. The average Bonchev–Trinajstić information content (AvgIpc) is 3.11. The molecule has 0 aromatic heterocycles. The normalized spacial score (nSPS) is 22.7. The molecular weight excluding hydrogens is 313 g/mol. The minimum absolute atomic E-state index is 0.0394. The molecule has 0 saturated heterocycles. The van der Waals surface area contributed by atoms with Gasteiger partial charge in [-0.15, -0.1) is 11.6 Å². The lowest BCUT2D eigenvalue weighted by atomic mass is 10.0. The highest BCUT2D eigenvalue weighted by Gasteiger charge is 2.50. The van der Waals surface area contributed by atoms with Gasteiger partial charge < -0.3 is 10.4 Å². The van der Waals surface area contributed by atoms with Crippen molar-refractivity contribution in [1.29, 1.82) is 0 Å². The molecule has 23 heavy (non-hydrogen) atoms. The van der Waals surface area contributed by atoms with Crippen molar-refractivity contribution in [1.82, 2.24) is 0 Å². The van der Waals surface area contributed by atoms with E-state index in [-0.39, 0.29) is 22.4 Å². The zero-order valence-corrected chi connectivity index (χ0v) is 13.9. The Balaban J connectivity index is 1.89. The predicted molar refractivity (Wildman–Crippen MR) is 93.4 cm³/mol. The second-order valence-corrected chi connectivity index (χ2v) is 7.26. The summed E-state index contributed by atoms with van der Waals surface area (Å²) in [6, 6.07) is 9.97. The van der Waals surface area contributed by atoms with Gasteiger partial charge in [-0.1, -0.05) is 18.7 Å². The van der Waals surface area contributed by atoms with E-state index in [4.69, 9.17) is 11.6 Å². The largest absolute Gasteiger partial charge is 0.507 e. The number of aromatic hydroxyl groups is 1. The van der Waals surface area contributed by atoms with Crippen LogP contribution >= 0.6 is 11.6 Å². The van der Waals surface area contributed by atoms with E-state index in [0.717, 1.165) is 23.4 Å². The van der Waals surface area contributed by atoms with Gasteiger partial charge in [-0.25, -0.2) is 4.39 Å². The number of anilines is 1. The summed E-state index contributed by atoms with van der Waals surface area (Å²) in [7, 11) is 0. The van der Waals surface area contributed by atoms with E-state index in [1.54, 1.807) is 24.3 Å². The molecule has 2 N–H and O–H groups in total. The number of alkyl halides is 1. The molecule has 0 aliphatic heterocycles. The number of aryl methyl sites for hydroxylation is 1. The molecule has 2 atom stereocenters. The maximum Gasteiger partial charge on any atom is 0.131 e. The van der Waals surface area contributed by atoms with E-state index in [0.29, 0.717) is 11.1 Å². The van der Waals surface area contributed by atoms with Crippen LogP contribution in [0.15, 0.2) is 48.7 Å². The molecule has 0 bridgehead atoms. The topological polar surface area (TPSA) is 32.3 Å². The van der Waals surface area contributed by atoms with Gasteiger partial charge in [0.1, 0.15) is 11.6 Å². The van der Waals surface area contributed by atoms with Crippen LogP contribution in [-0.4, -0.2) is 9.98 Å². The number of halogens is 2. The summed E-state index contributed by atoms with van der Waals surface area (Å²) in [5.74, 6) is -0.0955. The molecule has 4 heteroatoms. The molecule has 0 heterocycles. The SMILES string of the molecule is C=C(Nc1ccc(O)c(-c2ccc(C)cc2F)c1)C1CC1(C)Cl. The van der Waals surface area contributed by atoms with Gasteiger partial charge in [-0.05, 0) is 50.1 Å². The van der Waals surface area contributed by atoms with Crippen molar-refractivity contribution in [3.63, 3.8) is 0 Å². The van der Waals surface area contributed by atoms with Gasteiger partial charge in [0.2, 0.25) is 0 Å². The van der Waals surface area contributed by atoms with E-state index in [2.05, 4.69) is 11.9 Å². The summed E-state index contributed by atoms with van der Waals surface area (Å²) in [6.45, 7) is 7.84. The van der Waals surface area contributed by atoms with Gasteiger partial charge in [-0.3, -0.25) is 0 Å². The number of phenols is 1. The minimum Gasteiger partial charge on any atom is -0.507 e. The third-order valence-corrected chi connectivity index (χ3v) is 4.72. The Bertz CT molecular complexity index is 785. The number of hydrogen-bond acceptors (Lipinski definition) is 2. The van der Waals surface area contributed by atoms with Crippen molar-refractivity contribution >= 4 is 17.3 Å². The lowest BCUT2D eigenvalue weighted by molar-refractivity contribution is 0.477. The summed E-state index contributed by atoms with van der Waals surface area (Å²) >= 11 is 6.27. The highest BCUT2D eigenvalue weighted by atomic mass is 35.5. The number of allylic oxidation sites excluding steroid dienone is 1. The van der Waals surface area contributed by atoms with Crippen LogP contribution in [0.3, 0.4) is 0 Å². The van der Waals surface area contributed by atoms with E-state index in [9.17, 15) is 9.50 Å². The Morgan fingerprint density at radius 3 is 2.61 bits per heavy atom. The van der Waals surface area contributed by atoms with Crippen molar-refractivity contribution < 1.29 is 9.50 Å². The molecule has 120 valence electrons. The first kappa shape index (κ1) is 15.9.